The average molecular weight is 440 g/mol. The fraction of sp³-hybridized carbons (Fsp3) is 0.167. The molecular formula is C18H15Cl2N3O2S2. The largest absolute Gasteiger partial charge is 0.484 e. The summed E-state index contributed by atoms with van der Waals surface area (Å²) in [6, 6.07) is 12.9. The molecule has 0 bridgehead atoms. The van der Waals surface area contributed by atoms with Crippen LogP contribution in [0.4, 0.5) is 5.13 Å². The third-order valence-electron chi connectivity index (χ3n) is 3.43. The van der Waals surface area contributed by atoms with E-state index in [2.05, 4.69) is 15.5 Å². The monoisotopic (exact) mass is 439 g/mol. The van der Waals surface area contributed by atoms with E-state index >= 15 is 0 Å². The quantitative estimate of drug-likeness (QED) is 0.390. The molecule has 0 saturated carbocycles. The molecule has 0 aliphatic heterocycles. The van der Waals surface area contributed by atoms with Crippen LogP contribution in [0.5, 0.6) is 5.75 Å². The van der Waals surface area contributed by atoms with E-state index in [0.717, 1.165) is 21.2 Å². The first kappa shape index (κ1) is 19.9. The van der Waals surface area contributed by atoms with Gasteiger partial charge in [-0.05, 0) is 48.4 Å². The molecule has 27 heavy (non-hydrogen) atoms. The number of hydrogen-bond donors (Lipinski definition) is 1. The maximum atomic E-state index is 12.0. The highest BCUT2D eigenvalue weighted by Gasteiger charge is 2.10. The predicted octanol–water partition coefficient (Wildman–Crippen LogP) is 5.46. The van der Waals surface area contributed by atoms with Gasteiger partial charge in [0, 0.05) is 15.8 Å². The highest BCUT2D eigenvalue weighted by atomic mass is 35.5. The molecule has 2 aromatic carbocycles. The van der Waals surface area contributed by atoms with Crippen LogP contribution >= 0.6 is 46.3 Å². The van der Waals surface area contributed by atoms with E-state index in [1.165, 1.54) is 11.3 Å². The van der Waals surface area contributed by atoms with Gasteiger partial charge in [-0.2, -0.15) is 0 Å². The van der Waals surface area contributed by atoms with Crippen LogP contribution in [-0.2, 0) is 10.5 Å². The highest BCUT2D eigenvalue weighted by molar-refractivity contribution is 8.00. The van der Waals surface area contributed by atoms with E-state index in [9.17, 15) is 4.79 Å². The van der Waals surface area contributed by atoms with Crippen molar-refractivity contribution in [3.63, 3.8) is 0 Å². The highest BCUT2D eigenvalue weighted by Crippen LogP contribution is 2.28. The van der Waals surface area contributed by atoms with Gasteiger partial charge in [0.05, 0.1) is 0 Å². The van der Waals surface area contributed by atoms with Gasteiger partial charge in [-0.1, -0.05) is 58.4 Å². The number of aromatic nitrogens is 2. The van der Waals surface area contributed by atoms with Crippen molar-refractivity contribution in [2.24, 2.45) is 0 Å². The summed E-state index contributed by atoms with van der Waals surface area (Å²) < 4.78 is 6.24. The van der Waals surface area contributed by atoms with Gasteiger partial charge in [0.2, 0.25) is 5.13 Å². The number of halogens is 2. The van der Waals surface area contributed by atoms with E-state index in [-0.39, 0.29) is 12.5 Å². The smallest absolute Gasteiger partial charge is 0.264 e. The molecule has 0 aliphatic rings. The molecule has 1 heterocycles. The molecule has 0 aliphatic carbocycles. The summed E-state index contributed by atoms with van der Waals surface area (Å²) in [5.41, 5.74) is 2.03. The van der Waals surface area contributed by atoms with Crippen molar-refractivity contribution in [1.29, 1.82) is 0 Å². The molecule has 1 N–H and O–H groups in total. The minimum absolute atomic E-state index is 0.117. The average Bonchev–Trinajstić information content (AvgIpc) is 3.09. The Morgan fingerprint density at radius 2 is 1.96 bits per heavy atom. The molecule has 0 radical (unpaired) electrons. The van der Waals surface area contributed by atoms with Gasteiger partial charge in [0.1, 0.15) is 5.75 Å². The van der Waals surface area contributed by atoms with Crippen molar-refractivity contribution in [1.82, 2.24) is 10.2 Å². The molecule has 5 nitrogen and oxygen atoms in total. The lowest BCUT2D eigenvalue weighted by atomic mass is 10.2. The first-order chi connectivity index (χ1) is 13.0. The van der Waals surface area contributed by atoms with Gasteiger partial charge in [-0.3, -0.25) is 10.1 Å². The molecule has 1 aromatic heterocycles. The van der Waals surface area contributed by atoms with Crippen molar-refractivity contribution in [3.05, 3.63) is 63.6 Å². The standard InChI is InChI=1S/C18H15Cl2N3O2S2/c1-11-8-14(6-7-15(11)20)25-9-16(24)21-17-22-23-18(27-17)26-10-12-2-4-13(19)5-3-12/h2-8H,9-10H2,1H3,(H,21,22,24). The maximum absolute atomic E-state index is 12.0. The van der Waals surface area contributed by atoms with Crippen LogP contribution in [0.25, 0.3) is 0 Å². The number of carbonyl (C=O) groups is 1. The second-order valence-electron chi connectivity index (χ2n) is 5.54. The number of amides is 1. The maximum Gasteiger partial charge on any atom is 0.264 e. The third kappa shape index (κ3) is 6.10. The number of benzene rings is 2. The summed E-state index contributed by atoms with van der Waals surface area (Å²) in [7, 11) is 0. The topological polar surface area (TPSA) is 64.1 Å². The SMILES string of the molecule is Cc1cc(OCC(=O)Nc2nnc(SCc3ccc(Cl)cc3)s2)ccc1Cl. The van der Waals surface area contributed by atoms with Gasteiger partial charge in [0.25, 0.3) is 5.91 Å². The van der Waals surface area contributed by atoms with E-state index in [1.807, 2.05) is 31.2 Å². The Morgan fingerprint density at radius 3 is 2.70 bits per heavy atom. The first-order valence-electron chi connectivity index (χ1n) is 7.89. The van der Waals surface area contributed by atoms with E-state index < -0.39 is 0 Å². The van der Waals surface area contributed by atoms with Gasteiger partial charge in [-0.25, -0.2) is 0 Å². The second-order valence-corrected chi connectivity index (χ2v) is 8.58. The molecule has 140 valence electrons. The minimum Gasteiger partial charge on any atom is -0.484 e. The zero-order chi connectivity index (χ0) is 19.2. The lowest BCUT2D eigenvalue weighted by Gasteiger charge is -2.07. The Kier molecular flexibility index (Phi) is 6.95. The molecule has 0 spiro atoms. The van der Waals surface area contributed by atoms with Crippen LogP contribution in [0.15, 0.2) is 46.8 Å². The number of anilines is 1. The molecule has 0 atom stereocenters. The van der Waals surface area contributed by atoms with Crippen LogP contribution in [0.1, 0.15) is 11.1 Å². The number of ether oxygens (including phenoxy) is 1. The molecular weight excluding hydrogens is 425 g/mol. The van der Waals surface area contributed by atoms with E-state index in [4.69, 9.17) is 27.9 Å². The minimum atomic E-state index is -0.298. The van der Waals surface area contributed by atoms with Crippen LogP contribution in [0.3, 0.4) is 0 Å². The third-order valence-corrected chi connectivity index (χ3v) is 6.15. The lowest BCUT2D eigenvalue weighted by molar-refractivity contribution is -0.118. The fourth-order valence-corrected chi connectivity index (χ4v) is 4.02. The van der Waals surface area contributed by atoms with Gasteiger partial charge in [-0.15, -0.1) is 10.2 Å². The normalized spacial score (nSPS) is 10.6. The van der Waals surface area contributed by atoms with Gasteiger partial charge < -0.3 is 4.74 Å². The summed E-state index contributed by atoms with van der Waals surface area (Å²) in [6.45, 7) is 1.76. The van der Waals surface area contributed by atoms with Crippen molar-refractivity contribution >= 4 is 57.3 Å². The Hall–Kier alpha value is -1.80. The molecule has 9 heteroatoms. The van der Waals surface area contributed by atoms with Crippen LogP contribution < -0.4 is 10.1 Å². The molecule has 1 amide bonds. The van der Waals surface area contributed by atoms with E-state index in [1.54, 1.807) is 30.0 Å². The van der Waals surface area contributed by atoms with Crippen molar-refractivity contribution in [2.45, 2.75) is 17.0 Å². The van der Waals surface area contributed by atoms with E-state index in [0.29, 0.717) is 20.9 Å². The Labute approximate surface area is 175 Å². The summed E-state index contributed by atoms with van der Waals surface area (Å²) in [5, 5.41) is 12.6. The number of nitrogens with zero attached hydrogens (tertiary/aromatic N) is 2. The Balaban J connectivity index is 1.47. The lowest BCUT2D eigenvalue weighted by Crippen LogP contribution is -2.20. The van der Waals surface area contributed by atoms with Crippen molar-refractivity contribution < 1.29 is 9.53 Å². The number of carbonyl (C=O) groups excluding carboxylic acids is 1. The molecule has 3 rings (SSSR count). The predicted molar refractivity (Wildman–Crippen MR) is 111 cm³/mol. The Morgan fingerprint density at radius 1 is 1.19 bits per heavy atom. The first-order valence-corrected chi connectivity index (χ1v) is 10.4. The summed E-state index contributed by atoms with van der Waals surface area (Å²) >= 11 is 14.7. The number of nitrogens with one attached hydrogen (secondary N) is 1. The van der Waals surface area contributed by atoms with Gasteiger partial charge >= 0.3 is 0 Å². The molecule has 0 fully saturated rings. The van der Waals surface area contributed by atoms with Crippen molar-refractivity contribution in [2.75, 3.05) is 11.9 Å². The fourth-order valence-electron chi connectivity index (χ4n) is 2.06. The number of hydrogen-bond acceptors (Lipinski definition) is 6. The van der Waals surface area contributed by atoms with Crippen LogP contribution in [0.2, 0.25) is 10.0 Å². The second kappa shape index (κ2) is 9.41. The summed E-state index contributed by atoms with van der Waals surface area (Å²) in [4.78, 5) is 12.0. The summed E-state index contributed by atoms with van der Waals surface area (Å²) in [6.07, 6.45) is 0. The zero-order valence-corrected chi connectivity index (χ0v) is 17.4. The number of rotatable bonds is 7. The number of thioether (sulfide) groups is 1. The van der Waals surface area contributed by atoms with Crippen LogP contribution in [-0.4, -0.2) is 22.7 Å². The zero-order valence-electron chi connectivity index (χ0n) is 14.2. The van der Waals surface area contributed by atoms with Gasteiger partial charge in [0.15, 0.2) is 10.9 Å². The number of aryl methyl sites for hydroxylation is 1. The summed E-state index contributed by atoms with van der Waals surface area (Å²) in [5.74, 6) is 1.04. The molecule has 0 saturated heterocycles. The van der Waals surface area contributed by atoms with Crippen LogP contribution in [0, 0.1) is 6.92 Å². The Bertz CT molecular complexity index is 933. The molecule has 0 unspecified atom stereocenters. The molecule has 3 aromatic rings. The van der Waals surface area contributed by atoms with Crippen molar-refractivity contribution in [3.8, 4) is 5.75 Å².